The van der Waals surface area contributed by atoms with Crippen LogP contribution in [0, 0.1) is 0 Å². The molecule has 0 aliphatic rings. The van der Waals surface area contributed by atoms with Crippen molar-refractivity contribution in [3.05, 3.63) is 85.8 Å². The number of rotatable bonds is 9. The summed E-state index contributed by atoms with van der Waals surface area (Å²) in [5.41, 5.74) is 4.39. The highest BCUT2D eigenvalue weighted by Crippen LogP contribution is 2.38. The molecule has 3 rings (SSSR count). The average molecular weight is 509 g/mol. The van der Waals surface area contributed by atoms with Crippen LogP contribution in [0.15, 0.2) is 59.1 Å². The van der Waals surface area contributed by atoms with Crippen molar-refractivity contribution in [3.8, 4) is 11.5 Å². The molecule has 3 aromatic rings. The van der Waals surface area contributed by atoms with Crippen LogP contribution in [0.4, 0.5) is 5.69 Å². The van der Waals surface area contributed by atoms with Crippen LogP contribution in [-0.4, -0.2) is 6.61 Å². The summed E-state index contributed by atoms with van der Waals surface area (Å²) in [5, 5.41) is 4.69. The zero-order chi connectivity index (χ0) is 21.5. The minimum absolute atomic E-state index is 0.316. The molecule has 3 nitrogen and oxygen atoms in total. The summed E-state index contributed by atoms with van der Waals surface area (Å²) < 4.78 is 12.8. The highest BCUT2D eigenvalue weighted by Gasteiger charge is 2.14. The molecule has 0 bridgehead atoms. The Labute approximate surface area is 196 Å². The third-order valence-corrected chi connectivity index (χ3v) is 5.81. The summed E-state index contributed by atoms with van der Waals surface area (Å²) in [6.07, 6.45) is 0.983. The van der Waals surface area contributed by atoms with Gasteiger partial charge in [-0.05, 0) is 70.7 Å². The van der Waals surface area contributed by atoms with Crippen LogP contribution < -0.4 is 14.8 Å². The van der Waals surface area contributed by atoms with Crippen LogP contribution in [-0.2, 0) is 19.6 Å². The molecule has 0 radical (unpaired) electrons. The molecule has 1 N–H and O–H groups in total. The van der Waals surface area contributed by atoms with E-state index in [1.54, 1.807) is 12.1 Å². The second kappa shape index (κ2) is 10.9. The van der Waals surface area contributed by atoms with Gasteiger partial charge in [-0.1, -0.05) is 54.4 Å². The quantitative estimate of drug-likeness (QED) is 0.318. The Kier molecular flexibility index (Phi) is 8.32. The third-order valence-electron chi connectivity index (χ3n) is 4.64. The number of aryl methyl sites for hydroxylation is 1. The smallest absolute Gasteiger partial charge is 0.175 e. The average Bonchev–Trinajstić information content (AvgIpc) is 2.73. The molecule has 3 aromatic carbocycles. The minimum atomic E-state index is 0.316. The molecule has 0 amide bonds. The van der Waals surface area contributed by atoms with Gasteiger partial charge in [0.15, 0.2) is 11.5 Å². The lowest BCUT2D eigenvalue weighted by atomic mass is 10.1. The van der Waals surface area contributed by atoms with Crippen molar-refractivity contribution in [1.82, 2.24) is 0 Å². The van der Waals surface area contributed by atoms with Crippen LogP contribution >= 0.6 is 39.1 Å². The SMILES string of the molecule is CCOc1cc(CNc2ccccc2CC)cc(Br)c1OCc1ccc(Cl)cc1Cl. The minimum Gasteiger partial charge on any atom is -0.490 e. The molecular formula is C24H24BrCl2NO2. The summed E-state index contributed by atoms with van der Waals surface area (Å²) >= 11 is 15.9. The van der Waals surface area contributed by atoms with E-state index in [1.165, 1.54) is 5.56 Å². The van der Waals surface area contributed by atoms with Crippen LogP contribution in [0.2, 0.25) is 10.0 Å². The number of anilines is 1. The van der Waals surface area contributed by atoms with Crippen molar-refractivity contribution in [3.63, 3.8) is 0 Å². The van der Waals surface area contributed by atoms with E-state index < -0.39 is 0 Å². The Morgan fingerprint density at radius 1 is 0.933 bits per heavy atom. The Balaban J connectivity index is 1.77. The van der Waals surface area contributed by atoms with Gasteiger partial charge in [0, 0.05) is 27.8 Å². The van der Waals surface area contributed by atoms with E-state index in [0.717, 1.165) is 27.7 Å². The van der Waals surface area contributed by atoms with Crippen molar-refractivity contribution >= 4 is 44.8 Å². The second-order valence-corrected chi connectivity index (χ2v) is 8.42. The van der Waals surface area contributed by atoms with Crippen molar-refractivity contribution in [2.24, 2.45) is 0 Å². The zero-order valence-corrected chi connectivity index (χ0v) is 20.1. The van der Waals surface area contributed by atoms with E-state index in [1.807, 2.05) is 31.2 Å². The van der Waals surface area contributed by atoms with Gasteiger partial charge in [0.1, 0.15) is 6.61 Å². The number of halogens is 3. The number of para-hydroxylation sites is 1. The molecule has 0 saturated carbocycles. The summed E-state index contributed by atoms with van der Waals surface area (Å²) in [6.45, 7) is 5.65. The Morgan fingerprint density at radius 2 is 1.73 bits per heavy atom. The van der Waals surface area contributed by atoms with E-state index >= 15 is 0 Å². The number of ether oxygens (including phenoxy) is 2. The molecule has 0 aromatic heterocycles. The maximum absolute atomic E-state index is 6.27. The lowest BCUT2D eigenvalue weighted by Crippen LogP contribution is -2.05. The molecule has 158 valence electrons. The molecule has 0 aliphatic carbocycles. The fourth-order valence-corrected chi connectivity index (χ4v) is 4.18. The monoisotopic (exact) mass is 507 g/mol. The molecule has 0 atom stereocenters. The molecular weight excluding hydrogens is 485 g/mol. The van der Waals surface area contributed by atoms with Crippen LogP contribution in [0.5, 0.6) is 11.5 Å². The van der Waals surface area contributed by atoms with Gasteiger partial charge in [0.05, 0.1) is 11.1 Å². The molecule has 6 heteroatoms. The van der Waals surface area contributed by atoms with Crippen molar-refractivity contribution in [2.45, 2.75) is 33.4 Å². The predicted molar refractivity (Wildman–Crippen MR) is 129 cm³/mol. The van der Waals surface area contributed by atoms with E-state index in [0.29, 0.717) is 41.3 Å². The largest absolute Gasteiger partial charge is 0.490 e. The van der Waals surface area contributed by atoms with Crippen molar-refractivity contribution < 1.29 is 9.47 Å². The molecule has 0 heterocycles. The van der Waals surface area contributed by atoms with E-state index in [-0.39, 0.29) is 0 Å². The standard InChI is InChI=1S/C24H24BrCl2NO2/c1-3-17-7-5-6-8-22(17)28-14-16-11-20(25)24(23(12-16)29-4-2)30-15-18-9-10-19(26)13-21(18)27/h5-13,28H,3-4,14-15H2,1-2H3. The van der Waals surface area contributed by atoms with Crippen LogP contribution in [0.25, 0.3) is 0 Å². The first-order valence-electron chi connectivity index (χ1n) is 9.85. The van der Waals surface area contributed by atoms with Gasteiger partial charge >= 0.3 is 0 Å². The van der Waals surface area contributed by atoms with E-state index in [4.69, 9.17) is 32.7 Å². The first-order chi connectivity index (χ1) is 14.5. The van der Waals surface area contributed by atoms with Gasteiger partial charge in [0.2, 0.25) is 0 Å². The Morgan fingerprint density at radius 3 is 2.47 bits per heavy atom. The third kappa shape index (κ3) is 5.84. The lowest BCUT2D eigenvalue weighted by molar-refractivity contribution is 0.267. The van der Waals surface area contributed by atoms with Crippen LogP contribution in [0.3, 0.4) is 0 Å². The number of hydrogen-bond acceptors (Lipinski definition) is 3. The molecule has 30 heavy (non-hydrogen) atoms. The van der Waals surface area contributed by atoms with Gasteiger partial charge in [-0.15, -0.1) is 0 Å². The zero-order valence-electron chi connectivity index (χ0n) is 17.0. The van der Waals surface area contributed by atoms with Gasteiger partial charge < -0.3 is 14.8 Å². The van der Waals surface area contributed by atoms with E-state index in [9.17, 15) is 0 Å². The topological polar surface area (TPSA) is 30.5 Å². The molecule has 0 unspecified atom stereocenters. The summed E-state index contributed by atoms with van der Waals surface area (Å²) in [7, 11) is 0. The van der Waals surface area contributed by atoms with Gasteiger partial charge in [-0.2, -0.15) is 0 Å². The normalized spacial score (nSPS) is 10.7. The van der Waals surface area contributed by atoms with E-state index in [2.05, 4.69) is 46.4 Å². The highest BCUT2D eigenvalue weighted by atomic mass is 79.9. The molecule has 0 saturated heterocycles. The predicted octanol–water partition coefficient (Wildman–Crippen LogP) is 7.91. The Hall–Kier alpha value is -1.88. The summed E-state index contributed by atoms with van der Waals surface area (Å²) in [4.78, 5) is 0. The first kappa shape index (κ1) is 22.8. The molecule has 0 fully saturated rings. The van der Waals surface area contributed by atoms with Gasteiger partial charge in [0.25, 0.3) is 0 Å². The van der Waals surface area contributed by atoms with Gasteiger partial charge in [-0.3, -0.25) is 0 Å². The Bertz CT molecular complexity index is 1010. The van der Waals surface area contributed by atoms with Crippen molar-refractivity contribution in [2.75, 3.05) is 11.9 Å². The fraction of sp³-hybridized carbons (Fsp3) is 0.250. The summed E-state index contributed by atoms with van der Waals surface area (Å²) in [5.74, 6) is 1.35. The number of benzene rings is 3. The number of nitrogens with one attached hydrogen (secondary N) is 1. The maximum Gasteiger partial charge on any atom is 0.175 e. The summed E-state index contributed by atoms with van der Waals surface area (Å²) in [6, 6.07) is 17.8. The molecule has 0 aliphatic heterocycles. The highest BCUT2D eigenvalue weighted by molar-refractivity contribution is 9.10. The second-order valence-electron chi connectivity index (χ2n) is 6.73. The lowest BCUT2D eigenvalue weighted by Gasteiger charge is -2.17. The molecule has 0 spiro atoms. The van der Waals surface area contributed by atoms with Crippen molar-refractivity contribution in [1.29, 1.82) is 0 Å². The van der Waals surface area contributed by atoms with Gasteiger partial charge in [-0.25, -0.2) is 0 Å². The fourth-order valence-electron chi connectivity index (χ4n) is 3.11. The first-order valence-corrected chi connectivity index (χ1v) is 11.4. The maximum atomic E-state index is 6.27. The van der Waals surface area contributed by atoms with Crippen LogP contribution in [0.1, 0.15) is 30.5 Å². The number of hydrogen-bond donors (Lipinski definition) is 1.